The molecule has 0 unspecified atom stereocenters. The molecule has 2 heteroatoms. The van der Waals surface area contributed by atoms with Crippen LogP contribution < -0.4 is 0 Å². The third-order valence-electron chi connectivity index (χ3n) is 9.02. The summed E-state index contributed by atoms with van der Waals surface area (Å²) in [4.78, 5) is 0. The van der Waals surface area contributed by atoms with Crippen LogP contribution in [-0.4, -0.2) is 9.13 Å². The molecular formula is C44H28N2. The van der Waals surface area contributed by atoms with Crippen molar-refractivity contribution in [1.29, 1.82) is 0 Å². The number of fused-ring (bicyclic) bond motifs is 9. The molecule has 0 aliphatic carbocycles. The van der Waals surface area contributed by atoms with Gasteiger partial charge in [0.25, 0.3) is 0 Å². The summed E-state index contributed by atoms with van der Waals surface area (Å²) in [6.45, 7) is 0. The number of benzene rings is 8. The van der Waals surface area contributed by atoms with Gasteiger partial charge in [-0.2, -0.15) is 0 Å². The third kappa shape index (κ3) is 3.65. The Morgan fingerprint density at radius 2 is 1.02 bits per heavy atom. The number of hydrogen-bond donors (Lipinski definition) is 0. The molecule has 0 bridgehead atoms. The quantitative estimate of drug-likeness (QED) is 0.193. The second-order valence-corrected chi connectivity index (χ2v) is 11.5. The maximum Gasteiger partial charge on any atom is 0.0645 e. The fourth-order valence-electron chi connectivity index (χ4n) is 7.00. The summed E-state index contributed by atoms with van der Waals surface area (Å²) in [5.41, 5.74) is 3.49. The molecule has 0 N–H and O–H groups in total. The van der Waals surface area contributed by atoms with Gasteiger partial charge in [0.15, 0.2) is 0 Å². The smallest absolute Gasteiger partial charge is 0.0645 e. The zero-order valence-corrected chi connectivity index (χ0v) is 24.4. The van der Waals surface area contributed by atoms with Crippen molar-refractivity contribution in [3.63, 3.8) is 0 Å². The van der Waals surface area contributed by atoms with Crippen LogP contribution in [0, 0.1) is 0 Å². The van der Waals surface area contributed by atoms with E-state index >= 15 is 0 Å². The minimum atomic E-state index is -0.613. The molecule has 10 rings (SSSR count). The molecule has 0 saturated carbocycles. The summed E-state index contributed by atoms with van der Waals surface area (Å²) in [7, 11) is 0. The highest BCUT2D eigenvalue weighted by Gasteiger charge is 2.20. The maximum atomic E-state index is 9.36. The van der Waals surface area contributed by atoms with Crippen LogP contribution in [0.3, 0.4) is 0 Å². The lowest BCUT2D eigenvalue weighted by Crippen LogP contribution is -1.96. The van der Waals surface area contributed by atoms with Gasteiger partial charge >= 0.3 is 0 Å². The molecule has 0 fully saturated rings. The van der Waals surface area contributed by atoms with Gasteiger partial charge in [-0.15, -0.1) is 0 Å². The molecule has 0 aliphatic rings. The molecular weight excluding hydrogens is 556 g/mol. The predicted molar refractivity (Wildman–Crippen MR) is 196 cm³/mol. The Kier molecular flexibility index (Phi) is 3.79. The van der Waals surface area contributed by atoms with E-state index in [1.807, 2.05) is 48.5 Å². The highest BCUT2D eigenvalue weighted by atomic mass is 15.0. The standard InChI is InChI=1S/C44H28N2/c1-2-10-29(11-3-1)31-18-22-34(23-19-31)45-40-17-9-8-16-37(40)38-27-39-43(28-42(38)45)46(35-24-20-30-12-4-5-14-33(30)26-35)41-25-21-32-13-6-7-15-36(32)44(39)41/h1-28H/i1D,2D,3D,10D,11D,18D,19D,22D,23D. The first-order valence-corrected chi connectivity index (χ1v) is 15.1. The fourth-order valence-corrected chi connectivity index (χ4v) is 7.00. The zero-order chi connectivity index (χ0) is 38.0. The minimum Gasteiger partial charge on any atom is -0.309 e. The van der Waals surface area contributed by atoms with Crippen molar-refractivity contribution in [3.05, 3.63) is 170 Å². The van der Waals surface area contributed by atoms with Crippen LogP contribution in [0.4, 0.5) is 0 Å². The molecule has 46 heavy (non-hydrogen) atoms. The van der Waals surface area contributed by atoms with E-state index in [4.69, 9.17) is 9.60 Å². The Morgan fingerprint density at radius 3 is 1.87 bits per heavy atom. The summed E-state index contributed by atoms with van der Waals surface area (Å²) in [6, 6.07) is 34.3. The van der Waals surface area contributed by atoms with Crippen molar-refractivity contribution in [2.45, 2.75) is 0 Å². The topological polar surface area (TPSA) is 9.86 Å². The third-order valence-corrected chi connectivity index (χ3v) is 9.02. The largest absolute Gasteiger partial charge is 0.309 e. The van der Waals surface area contributed by atoms with Gasteiger partial charge in [0.05, 0.1) is 34.4 Å². The van der Waals surface area contributed by atoms with Crippen LogP contribution in [0.5, 0.6) is 0 Å². The van der Waals surface area contributed by atoms with Crippen LogP contribution in [0.2, 0.25) is 0 Å². The van der Waals surface area contributed by atoms with Crippen molar-refractivity contribution in [2.75, 3.05) is 0 Å². The highest BCUT2D eigenvalue weighted by molar-refractivity contribution is 6.25. The Balaban J connectivity index is 1.35. The van der Waals surface area contributed by atoms with Crippen LogP contribution in [-0.2, 0) is 0 Å². The second kappa shape index (κ2) is 9.69. The van der Waals surface area contributed by atoms with Crippen molar-refractivity contribution in [3.8, 4) is 22.5 Å². The monoisotopic (exact) mass is 593 g/mol. The van der Waals surface area contributed by atoms with E-state index in [-0.39, 0.29) is 16.8 Å². The number of aromatic nitrogens is 2. The first-order valence-electron chi connectivity index (χ1n) is 19.6. The predicted octanol–water partition coefficient (Wildman–Crippen LogP) is 11.9. The Morgan fingerprint density at radius 1 is 0.370 bits per heavy atom. The van der Waals surface area contributed by atoms with E-state index < -0.39 is 54.4 Å². The highest BCUT2D eigenvalue weighted by Crippen LogP contribution is 2.42. The molecule has 0 spiro atoms. The van der Waals surface area contributed by atoms with E-state index in [1.54, 1.807) is 4.57 Å². The molecule has 10 aromatic rings. The average Bonchev–Trinajstić information content (AvgIpc) is 3.71. The zero-order valence-electron chi connectivity index (χ0n) is 33.4. The van der Waals surface area contributed by atoms with Crippen LogP contribution in [0.25, 0.3) is 87.7 Å². The first-order chi connectivity index (χ1) is 26.6. The molecule has 0 radical (unpaired) electrons. The minimum absolute atomic E-state index is 0.00418. The summed E-state index contributed by atoms with van der Waals surface area (Å²) >= 11 is 0. The molecule has 214 valence electrons. The van der Waals surface area contributed by atoms with E-state index in [1.165, 1.54) is 0 Å². The van der Waals surface area contributed by atoms with Gasteiger partial charge in [-0.25, -0.2) is 0 Å². The van der Waals surface area contributed by atoms with E-state index in [9.17, 15) is 2.74 Å². The number of hydrogen-bond acceptors (Lipinski definition) is 0. The molecule has 0 aliphatic heterocycles. The van der Waals surface area contributed by atoms with E-state index in [0.29, 0.717) is 11.0 Å². The second-order valence-electron chi connectivity index (χ2n) is 11.5. The van der Waals surface area contributed by atoms with Crippen molar-refractivity contribution in [2.24, 2.45) is 0 Å². The molecule has 2 nitrogen and oxygen atoms in total. The summed E-state index contributed by atoms with van der Waals surface area (Å²) in [6.07, 6.45) is 0. The number of rotatable bonds is 3. The first kappa shape index (κ1) is 18.0. The van der Waals surface area contributed by atoms with E-state index in [2.05, 4.69) is 71.3 Å². The average molecular weight is 594 g/mol. The van der Waals surface area contributed by atoms with Gasteiger partial charge in [0.1, 0.15) is 0 Å². The van der Waals surface area contributed by atoms with Gasteiger partial charge in [0.2, 0.25) is 0 Å². The number of para-hydroxylation sites is 1. The SMILES string of the molecule is [2H]c1c([2H])c([2H])c(-c2c([2H])c([2H])c(-n3c4ccccc4c4cc5c6c7ccccc7ccc6n(-c6ccc7ccccc7c6)c5cc43)c([2H])c2[2H])c([2H])c1[2H]. The van der Waals surface area contributed by atoms with Crippen molar-refractivity contribution >= 4 is 65.2 Å². The fraction of sp³-hybridized carbons (Fsp3) is 0. The number of nitrogens with zero attached hydrogens (tertiary/aromatic N) is 2. The normalized spacial score (nSPS) is 14.7. The molecule has 8 aromatic carbocycles. The summed E-state index contributed by atoms with van der Waals surface area (Å²) in [5, 5.41) is 8.26. The summed E-state index contributed by atoms with van der Waals surface area (Å²) in [5.74, 6) is 0. The lowest BCUT2D eigenvalue weighted by molar-refractivity contribution is 1.17. The molecule has 0 amide bonds. The lowest BCUT2D eigenvalue weighted by Gasteiger charge is -2.11. The van der Waals surface area contributed by atoms with Gasteiger partial charge < -0.3 is 9.13 Å². The van der Waals surface area contributed by atoms with Gasteiger partial charge in [0, 0.05) is 32.9 Å². The Labute approximate surface area is 278 Å². The maximum absolute atomic E-state index is 9.36. The molecule has 2 heterocycles. The van der Waals surface area contributed by atoms with Gasteiger partial charge in [-0.1, -0.05) is 121 Å². The lowest BCUT2D eigenvalue weighted by atomic mass is 10.0. The van der Waals surface area contributed by atoms with Crippen LogP contribution in [0.1, 0.15) is 12.3 Å². The van der Waals surface area contributed by atoms with Crippen molar-refractivity contribution in [1.82, 2.24) is 9.13 Å². The van der Waals surface area contributed by atoms with Crippen molar-refractivity contribution < 1.29 is 12.3 Å². The van der Waals surface area contributed by atoms with E-state index in [0.717, 1.165) is 59.8 Å². The molecule has 0 atom stereocenters. The summed E-state index contributed by atoms with van der Waals surface area (Å²) < 4.78 is 82.6. The molecule has 2 aromatic heterocycles. The molecule has 0 saturated heterocycles. The van der Waals surface area contributed by atoms with Crippen LogP contribution in [0.15, 0.2) is 170 Å². The van der Waals surface area contributed by atoms with Crippen LogP contribution >= 0.6 is 0 Å². The Hall–Kier alpha value is -6.12. The Bertz CT molecular complexity index is 3270. The van der Waals surface area contributed by atoms with Gasteiger partial charge in [-0.3, -0.25) is 0 Å². The van der Waals surface area contributed by atoms with Gasteiger partial charge in [-0.05, 0) is 81.2 Å².